The minimum absolute atomic E-state index is 0.191. The van der Waals surface area contributed by atoms with Gasteiger partial charge in [0, 0.05) is 6.04 Å². The Morgan fingerprint density at radius 2 is 1.80 bits per heavy atom. The first kappa shape index (κ1) is 11.2. The van der Waals surface area contributed by atoms with Crippen LogP contribution < -0.4 is 5.73 Å². The van der Waals surface area contributed by atoms with Crippen LogP contribution in [0.5, 0.6) is 0 Å². The van der Waals surface area contributed by atoms with Crippen LogP contribution in [0.3, 0.4) is 0 Å². The molecule has 15 heavy (non-hydrogen) atoms. The van der Waals surface area contributed by atoms with Crippen LogP contribution in [0.2, 0.25) is 0 Å². The fourth-order valence-corrected chi connectivity index (χ4v) is 1.96. The molecule has 0 spiro atoms. The Hall–Kier alpha value is -0.315. The van der Waals surface area contributed by atoms with Crippen LogP contribution in [0.1, 0.15) is 40.5 Å². The quantitative estimate of drug-likeness (QED) is 0.668. The topological polar surface area (TPSA) is 44.5 Å². The molecule has 1 unspecified atom stereocenters. The largest absolute Gasteiger partial charge is 0.490 e. The minimum atomic E-state index is -0.245. The predicted molar refractivity (Wildman–Crippen MR) is 61.4 cm³/mol. The molecule has 0 radical (unpaired) electrons. The van der Waals surface area contributed by atoms with Gasteiger partial charge in [-0.3, -0.25) is 0 Å². The van der Waals surface area contributed by atoms with Gasteiger partial charge in [0.15, 0.2) is 0 Å². The Labute approximate surface area is 92.1 Å². The van der Waals surface area contributed by atoms with Crippen molar-refractivity contribution in [1.29, 1.82) is 0 Å². The molecule has 0 aromatic carbocycles. The second-order valence-corrected chi connectivity index (χ2v) is 5.57. The van der Waals surface area contributed by atoms with Gasteiger partial charge in [-0.1, -0.05) is 6.08 Å². The summed E-state index contributed by atoms with van der Waals surface area (Å²) in [5, 5.41) is 0. The molecule has 1 saturated heterocycles. The molecule has 1 fully saturated rings. The van der Waals surface area contributed by atoms with Gasteiger partial charge in [0.25, 0.3) is 0 Å². The van der Waals surface area contributed by atoms with Crippen molar-refractivity contribution in [3.63, 3.8) is 0 Å². The molecule has 0 amide bonds. The van der Waals surface area contributed by atoms with Gasteiger partial charge in [-0.15, -0.1) is 0 Å². The van der Waals surface area contributed by atoms with Crippen molar-refractivity contribution in [2.75, 3.05) is 0 Å². The van der Waals surface area contributed by atoms with Crippen molar-refractivity contribution >= 4 is 7.12 Å². The summed E-state index contributed by atoms with van der Waals surface area (Å²) in [7, 11) is -0.191. The molecule has 0 aromatic rings. The molecule has 2 N–H and O–H groups in total. The lowest BCUT2D eigenvalue weighted by molar-refractivity contribution is 0.00578. The lowest BCUT2D eigenvalue weighted by atomic mass is 9.77. The maximum absolute atomic E-state index is 5.95. The zero-order chi connectivity index (χ0) is 11.3. The van der Waals surface area contributed by atoms with Gasteiger partial charge in [-0.25, -0.2) is 0 Å². The summed E-state index contributed by atoms with van der Waals surface area (Å²) in [6.07, 6.45) is 4.00. The summed E-state index contributed by atoms with van der Waals surface area (Å²) in [6, 6.07) is 0.249. The third-order valence-corrected chi connectivity index (χ3v) is 3.74. The summed E-state index contributed by atoms with van der Waals surface area (Å²) < 4.78 is 11.9. The Balaban J connectivity index is 2.10. The van der Waals surface area contributed by atoms with Crippen molar-refractivity contribution in [3.05, 3.63) is 11.5 Å². The van der Waals surface area contributed by atoms with Crippen LogP contribution in [0.25, 0.3) is 0 Å². The second-order valence-electron chi connectivity index (χ2n) is 5.57. The van der Waals surface area contributed by atoms with E-state index in [0.717, 1.165) is 12.8 Å². The molecule has 1 heterocycles. The number of hydrogen-bond acceptors (Lipinski definition) is 3. The molecule has 1 aliphatic carbocycles. The van der Waals surface area contributed by atoms with Gasteiger partial charge in [0.05, 0.1) is 11.2 Å². The van der Waals surface area contributed by atoms with Crippen LogP contribution in [-0.2, 0) is 9.31 Å². The Morgan fingerprint density at radius 1 is 1.27 bits per heavy atom. The summed E-state index contributed by atoms with van der Waals surface area (Å²) in [5.41, 5.74) is 6.58. The van der Waals surface area contributed by atoms with Crippen LogP contribution in [0.4, 0.5) is 0 Å². The molecule has 1 atom stereocenters. The van der Waals surface area contributed by atoms with Crippen molar-refractivity contribution in [1.82, 2.24) is 0 Å². The lowest BCUT2D eigenvalue weighted by Gasteiger charge is -2.32. The summed E-state index contributed by atoms with van der Waals surface area (Å²) in [6.45, 7) is 8.29. The normalized spacial score (nSPS) is 33.3. The van der Waals surface area contributed by atoms with Crippen molar-refractivity contribution < 1.29 is 9.31 Å². The molecular weight excluding hydrogens is 189 g/mol. The van der Waals surface area contributed by atoms with Crippen LogP contribution >= 0.6 is 0 Å². The van der Waals surface area contributed by atoms with Crippen molar-refractivity contribution in [2.24, 2.45) is 5.73 Å². The third-order valence-electron chi connectivity index (χ3n) is 3.74. The van der Waals surface area contributed by atoms with Gasteiger partial charge < -0.3 is 15.0 Å². The van der Waals surface area contributed by atoms with Crippen LogP contribution in [0.15, 0.2) is 11.5 Å². The van der Waals surface area contributed by atoms with E-state index in [1.807, 2.05) is 0 Å². The second kappa shape index (κ2) is 3.34. The third kappa shape index (κ3) is 1.86. The van der Waals surface area contributed by atoms with Gasteiger partial charge >= 0.3 is 7.12 Å². The zero-order valence-corrected chi connectivity index (χ0v) is 10.0. The van der Waals surface area contributed by atoms with Crippen molar-refractivity contribution in [2.45, 2.75) is 57.8 Å². The fourth-order valence-electron chi connectivity index (χ4n) is 1.96. The average Bonchev–Trinajstić information content (AvgIpc) is 2.56. The van der Waals surface area contributed by atoms with E-state index in [0.29, 0.717) is 0 Å². The molecule has 0 aromatic heterocycles. The number of nitrogens with two attached hydrogens (primary N) is 1. The van der Waals surface area contributed by atoms with Gasteiger partial charge in [-0.05, 0) is 46.0 Å². The maximum Gasteiger partial charge on any atom is 0.490 e. The van der Waals surface area contributed by atoms with E-state index in [9.17, 15) is 0 Å². The lowest BCUT2D eigenvalue weighted by Crippen LogP contribution is -2.41. The van der Waals surface area contributed by atoms with E-state index < -0.39 is 0 Å². The molecule has 0 saturated carbocycles. The molecular formula is C11H20BNO2. The monoisotopic (exact) mass is 209 g/mol. The van der Waals surface area contributed by atoms with E-state index in [1.54, 1.807) is 0 Å². The zero-order valence-electron chi connectivity index (χ0n) is 10.0. The first-order chi connectivity index (χ1) is 6.82. The fraction of sp³-hybridized carbons (Fsp3) is 0.818. The van der Waals surface area contributed by atoms with Crippen LogP contribution in [0, 0.1) is 0 Å². The highest BCUT2D eigenvalue weighted by molar-refractivity contribution is 6.54. The maximum atomic E-state index is 5.95. The molecule has 84 valence electrons. The van der Waals surface area contributed by atoms with E-state index in [2.05, 4.69) is 33.8 Å². The standard InChI is InChI=1S/C11H20BNO2/c1-10(2)11(3,4)15-12(14-10)8-5-6-9(13)7-8/h5,9H,6-7,13H2,1-4H3. The van der Waals surface area contributed by atoms with Gasteiger partial charge in [0.2, 0.25) is 0 Å². The highest BCUT2D eigenvalue weighted by atomic mass is 16.7. The summed E-state index contributed by atoms with van der Waals surface area (Å²) in [4.78, 5) is 0. The van der Waals surface area contributed by atoms with E-state index in [-0.39, 0.29) is 24.4 Å². The van der Waals surface area contributed by atoms with Gasteiger partial charge in [0.1, 0.15) is 0 Å². The molecule has 1 aliphatic heterocycles. The predicted octanol–water partition coefficient (Wildman–Crippen LogP) is 1.67. The molecule has 4 heteroatoms. The van der Waals surface area contributed by atoms with Crippen LogP contribution in [-0.4, -0.2) is 24.4 Å². The van der Waals surface area contributed by atoms with Crippen molar-refractivity contribution in [3.8, 4) is 0 Å². The molecule has 2 aliphatic rings. The summed E-state index contributed by atoms with van der Waals surface area (Å²) in [5.74, 6) is 0. The molecule has 0 bridgehead atoms. The average molecular weight is 209 g/mol. The Morgan fingerprint density at radius 3 is 2.20 bits per heavy atom. The minimum Gasteiger partial charge on any atom is -0.400 e. The Kier molecular flexibility index (Phi) is 2.49. The number of hydrogen-bond donors (Lipinski definition) is 1. The molecule has 2 rings (SSSR count). The van der Waals surface area contributed by atoms with E-state index >= 15 is 0 Å². The van der Waals surface area contributed by atoms with Gasteiger partial charge in [-0.2, -0.15) is 0 Å². The summed E-state index contributed by atoms with van der Waals surface area (Å²) >= 11 is 0. The van der Waals surface area contributed by atoms with E-state index in [1.165, 1.54) is 5.47 Å². The number of rotatable bonds is 1. The highest BCUT2D eigenvalue weighted by Crippen LogP contribution is 2.40. The highest BCUT2D eigenvalue weighted by Gasteiger charge is 2.52. The smallest absolute Gasteiger partial charge is 0.400 e. The van der Waals surface area contributed by atoms with E-state index in [4.69, 9.17) is 15.0 Å². The Bertz CT molecular complexity index is 283. The first-order valence-electron chi connectivity index (χ1n) is 5.62. The first-order valence-corrected chi connectivity index (χ1v) is 5.62. The molecule has 3 nitrogen and oxygen atoms in total. The SMILES string of the molecule is CC1(C)OB(C2=CCC(N)C2)OC1(C)C.